The zero-order valence-electron chi connectivity index (χ0n) is 10.9. The Kier molecular flexibility index (Phi) is 3.89. The van der Waals surface area contributed by atoms with Crippen molar-refractivity contribution in [2.45, 2.75) is 27.2 Å². The number of aromatic nitrogens is 3. The molecular weight excluding hydrogens is 214 g/mol. The molecule has 1 saturated heterocycles. The average molecular weight is 235 g/mol. The molecule has 0 saturated carbocycles. The van der Waals surface area contributed by atoms with E-state index in [-0.39, 0.29) is 0 Å². The lowest BCUT2D eigenvalue weighted by molar-refractivity contribution is 0.569. The fourth-order valence-corrected chi connectivity index (χ4v) is 2.07. The Morgan fingerprint density at radius 1 is 1.24 bits per heavy atom. The molecule has 0 spiro atoms. The second kappa shape index (κ2) is 5.40. The highest BCUT2D eigenvalue weighted by molar-refractivity contribution is 5.43. The average Bonchev–Trinajstić information content (AvgIpc) is 2.32. The summed E-state index contributed by atoms with van der Waals surface area (Å²) in [6.07, 6.45) is 0.944. The molecule has 5 heteroatoms. The van der Waals surface area contributed by atoms with E-state index in [4.69, 9.17) is 0 Å². The van der Waals surface area contributed by atoms with Crippen molar-refractivity contribution in [3.63, 3.8) is 0 Å². The molecule has 5 nitrogen and oxygen atoms in total. The maximum atomic E-state index is 4.57. The minimum atomic E-state index is 0.579. The van der Waals surface area contributed by atoms with Crippen LogP contribution in [0.5, 0.6) is 0 Å². The zero-order chi connectivity index (χ0) is 12.3. The van der Waals surface area contributed by atoms with Crippen LogP contribution in [0, 0.1) is 12.8 Å². The van der Waals surface area contributed by atoms with Crippen molar-refractivity contribution in [3.8, 4) is 0 Å². The number of anilines is 1. The number of nitrogens with one attached hydrogen (secondary N) is 1. The molecule has 2 rings (SSSR count). The van der Waals surface area contributed by atoms with Gasteiger partial charge in [0.1, 0.15) is 11.5 Å². The first-order valence-electron chi connectivity index (χ1n) is 6.32. The first-order chi connectivity index (χ1) is 8.16. The van der Waals surface area contributed by atoms with Crippen LogP contribution in [0.25, 0.3) is 0 Å². The van der Waals surface area contributed by atoms with Gasteiger partial charge < -0.3 is 10.2 Å². The maximum absolute atomic E-state index is 4.57. The molecule has 94 valence electrons. The van der Waals surface area contributed by atoms with E-state index in [2.05, 4.69) is 39.2 Å². The topological polar surface area (TPSA) is 53.9 Å². The SMILES string of the molecule is Cc1nnc(CC(C)C)c(N2CCNCC2)n1. The Morgan fingerprint density at radius 3 is 2.59 bits per heavy atom. The first-order valence-corrected chi connectivity index (χ1v) is 6.32. The molecule has 1 aliphatic rings. The van der Waals surface area contributed by atoms with E-state index in [0.717, 1.165) is 49.9 Å². The van der Waals surface area contributed by atoms with E-state index in [0.29, 0.717) is 5.92 Å². The van der Waals surface area contributed by atoms with Gasteiger partial charge in [-0.15, -0.1) is 10.2 Å². The molecule has 17 heavy (non-hydrogen) atoms. The number of rotatable bonds is 3. The Morgan fingerprint density at radius 2 is 1.94 bits per heavy atom. The van der Waals surface area contributed by atoms with E-state index >= 15 is 0 Å². The summed E-state index contributed by atoms with van der Waals surface area (Å²) in [5.41, 5.74) is 1.03. The molecule has 1 N–H and O–H groups in total. The van der Waals surface area contributed by atoms with Gasteiger partial charge in [-0.1, -0.05) is 13.8 Å². The van der Waals surface area contributed by atoms with E-state index in [9.17, 15) is 0 Å². The molecule has 0 radical (unpaired) electrons. The standard InChI is InChI=1S/C12H21N5/c1-9(2)8-11-12(14-10(3)15-16-11)17-6-4-13-5-7-17/h9,13H,4-8H2,1-3H3. The predicted octanol–water partition coefficient (Wildman–Crippen LogP) is 0.788. The molecule has 1 aromatic heterocycles. The third-order valence-electron chi connectivity index (χ3n) is 2.86. The van der Waals surface area contributed by atoms with Crippen molar-refractivity contribution >= 4 is 5.82 Å². The Balaban J connectivity index is 2.25. The Labute approximate surface area is 103 Å². The number of hydrogen-bond acceptors (Lipinski definition) is 5. The van der Waals surface area contributed by atoms with Gasteiger partial charge in [-0.25, -0.2) is 4.98 Å². The molecule has 0 bridgehead atoms. The van der Waals surface area contributed by atoms with Gasteiger partial charge in [0.15, 0.2) is 5.82 Å². The third kappa shape index (κ3) is 3.12. The zero-order valence-corrected chi connectivity index (χ0v) is 10.9. The van der Waals surface area contributed by atoms with Gasteiger partial charge in [0, 0.05) is 26.2 Å². The highest BCUT2D eigenvalue weighted by atomic mass is 15.3. The van der Waals surface area contributed by atoms with Crippen molar-refractivity contribution in [2.75, 3.05) is 31.1 Å². The predicted molar refractivity (Wildman–Crippen MR) is 68.2 cm³/mol. The summed E-state index contributed by atoms with van der Waals surface area (Å²) in [4.78, 5) is 6.89. The summed E-state index contributed by atoms with van der Waals surface area (Å²) in [6.45, 7) is 10.3. The second-order valence-corrected chi connectivity index (χ2v) is 4.96. The van der Waals surface area contributed by atoms with Gasteiger partial charge >= 0.3 is 0 Å². The van der Waals surface area contributed by atoms with Crippen molar-refractivity contribution in [1.29, 1.82) is 0 Å². The molecule has 0 amide bonds. The fraction of sp³-hybridized carbons (Fsp3) is 0.750. The van der Waals surface area contributed by atoms with Gasteiger partial charge in [0.05, 0.1) is 0 Å². The molecule has 0 atom stereocenters. The van der Waals surface area contributed by atoms with Gasteiger partial charge in [0.2, 0.25) is 0 Å². The van der Waals surface area contributed by atoms with Crippen LogP contribution in [0.15, 0.2) is 0 Å². The van der Waals surface area contributed by atoms with Crippen molar-refractivity contribution in [2.24, 2.45) is 5.92 Å². The van der Waals surface area contributed by atoms with E-state index in [1.165, 1.54) is 0 Å². The molecule has 0 unspecified atom stereocenters. The monoisotopic (exact) mass is 235 g/mol. The van der Waals surface area contributed by atoms with Crippen LogP contribution in [0.1, 0.15) is 25.4 Å². The number of piperazine rings is 1. The minimum Gasteiger partial charge on any atom is -0.352 e. The van der Waals surface area contributed by atoms with Crippen LogP contribution in [0.3, 0.4) is 0 Å². The molecule has 2 heterocycles. The molecule has 0 aromatic carbocycles. The lowest BCUT2D eigenvalue weighted by atomic mass is 10.1. The van der Waals surface area contributed by atoms with E-state index < -0.39 is 0 Å². The van der Waals surface area contributed by atoms with Crippen molar-refractivity contribution < 1.29 is 0 Å². The summed E-state index contributed by atoms with van der Waals surface area (Å²) in [7, 11) is 0. The molecule has 1 aliphatic heterocycles. The number of nitrogens with zero attached hydrogens (tertiary/aromatic N) is 4. The maximum Gasteiger partial charge on any atom is 0.154 e. The molecular formula is C12H21N5. The van der Waals surface area contributed by atoms with Gasteiger partial charge in [-0.3, -0.25) is 0 Å². The van der Waals surface area contributed by atoms with Crippen LogP contribution in [-0.2, 0) is 6.42 Å². The van der Waals surface area contributed by atoms with Crippen LogP contribution in [0.2, 0.25) is 0 Å². The third-order valence-corrected chi connectivity index (χ3v) is 2.86. The first kappa shape index (κ1) is 12.2. The van der Waals surface area contributed by atoms with Crippen LogP contribution >= 0.6 is 0 Å². The molecule has 0 aliphatic carbocycles. The van der Waals surface area contributed by atoms with Gasteiger partial charge in [-0.2, -0.15) is 0 Å². The van der Waals surface area contributed by atoms with Gasteiger partial charge in [-0.05, 0) is 19.3 Å². The normalized spacial score (nSPS) is 16.6. The summed E-state index contributed by atoms with van der Waals surface area (Å²) < 4.78 is 0. The summed E-state index contributed by atoms with van der Waals surface area (Å²) in [5, 5.41) is 11.8. The fourth-order valence-electron chi connectivity index (χ4n) is 2.07. The van der Waals surface area contributed by atoms with Crippen molar-refractivity contribution in [1.82, 2.24) is 20.5 Å². The smallest absolute Gasteiger partial charge is 0.154 e. The lowest BCUT2D eigenvalue weighted by Crippen LogP contribution is -2.44. The van der Waals surface area contributed by atoms with E-state index in [1.807, 2.05) is 6.92 Å². The van der Waals surface area contributed by atoms with Crippen LogP contribution in [0.4, 0.5) is 5.82 Å². The quantitative estimate of drug-likeness (QED) is 0.839. The molecule has 1 fully saturated rings. The second-order valence-electron chi connectivity index (χ2n) is 4.96. The lowest BCUT2D eigenvalue weighted by Gasteiger charge is -2.29. The highest BCUT2D eigenvalue weighted by Gasteiger charge is 2.18. The van der Waals surface area contributed by atoms with Crippen LogP contribution in [-0.4, -0.2) is 41.4 Å². The Hall–Kier alpha value is -1.23. The van der Waals surface area contributed by atoms with Crippen molar-refractivity contribution in [3.05, 3.63) is 11.5 Å². The minimum absolute atomic E-state index is 0.579. The highest BCUT2D eigenvalue weighted by Crippen LogP contribution is 2.18. The largest absolute Gasteiger partial charge is 0.352 e. The number of hydrogen-bond donors (Lipinski definition) is 1. The van der Waals surface area contributed by atoms with Gasteiger partial charge in [0.25, 0.3) is 0 Å². The summed E-state index contributed by atoms with van der Waals surface area (Å²) >= 11 is 0. The Bertz CT molecular complexity index is 371. The molecule has 1 aromatic rings. The summed E-state index contributed by atoms with van der Waals surface area (Å²) in [5.74, 6) is 2.37. The number of aryl methyl sites for hydroxylation is 1. The van der Waals surface area contributed by atoms with Crippen LogP contribution < -0.4 is 10.2 Å². The van der Waals surface area contributed by atoms with E-state index in [1.54, 1.807) is 0 Å². The summed E-state index contributed by atoms with van der Waals surface area (Å²) in [6, 6.07) is 0.